The van der Waals surface area contributed by atoms with Crippen molar-refractivity contribution in [3.05, 3.63) is 66.2 Å². The summed E-state index contributed by atoms with van der Waals surface area (Å²) in [5, 5.41) is 12.1. The third-order valence-corrected chi connectivity index (χ3v) is 3.51. The molecule has 23 heavy (non-hydrogen) atoms. The third kappa shape index (κ3) is 2.64. The normalized spacial score (nSPS) is 10.8. The maximum Gasteiger partial charge on any atom is 0.270 e. The van der Waals surface area contributed by atoms with Gasteiger partial charge in [-0.15, -0.1) is 10.2 Å². The van der Waals surface area contributed by atoms with E-state index in [1.165, 1.54) is 5.56 Å². The number of hydrogen-bond acceptors (Lipinski definition) is 5. The first kappa shape index (κ1) is 13.5. The summed E-state index contributed by atoms with van der Waals surface area (Å²) in [4.78, 5) is 0. The zero-order chi connectivity index (χ0) is 15.6. The van der Waals surface area contributed by atoms with Crippen LogP contribution in [0.3, 0.4) is 0 Å². The first-order valence-corrected chi connectivity index (χ1v) is 7.23. The summed E-state index contributed by atoms with van der Waals surface area (Å²) in [5.41, 5.74) is 3.53. The van der Waals surface area contributed by atoms with Gasteiger partial charge in [0.25, 0.3) is 5.89 Å². The summed E-state index contributed by atoms with van der Waals surface area (Å²) >= 11 is 0. The molecule has 2 aromatic carbocycles. The van der Waals surface area contributed by atoms with Gasteiger partial charge < -0.3 is 8.94 Å². The molecule has 4 rings (SSSR count). The molecule has 0 fully saturated rings. The lowest BCUT2D eigenvalue weighted by molar-refractivity contribution is 0.431. The molecule has 0 aliphatic rings. The number of aryl methyl sites for hydroxylation is 1. The van der Waals surface area contributed by atoms with Crippen LogP contribution in [0, 0.1) is 6.92 Å². The maximum atomic E-state index is 5.70. The molecular formula is C18H13N3O2. The molecule has 4 aromatic rings. The summed E-state index contributed by atoms with van der Waals surface area (Å²) in [6, 6.07) is 19.4. The number of rotatable bonds is 3. The van der Waals surface area contributed by atoms with Crippen LogP contribution in [0.2, 0.25) is 0 Å². The monoisotopic (exact) mass is 303 g/mol. The van der Waals surface area contributed by atoms with Crippen molar-refractivity contribution < 1.29 is 8.94 Å². The molecule has 0 aliphatic heterocycles. The van der Waals surface area contributed by atoms with E-state index >= 15 is 0 Å². The first-order valence-electron chi connectivity index (χ1n) is 7.23. The van der Waals surface area contributed by atoms with Crippen molar-refractivity contribution in [3.8, 4) is 34.4 Å². The van der Waals surface area contributed by atoms with Crippen LogP contribution in [0.15, 0.2) is 69.6 Å². The second-order valence-corrected chi connectivity index (χ2v) is 5.22. The molecule has 0 atom stereocenters. The molecule has 2 heterocycles. The van der Waals surface area contributed by atoms with Crippen molar-refractivity contribution in [1.29, 1.82) is 0 Å². The lowest BCUT2D eigenvalue weighted by Crippen LogP contribution is -1.78. The molecule has 0 amide bonds. The number of hydrogen-bond donors (Lipinski definition) is 0. The SMILES string of the molecule is Cc1ccc(-c2nnc(-c3cc(-c4ccccc4)on3)o2)cc1. The van der Waals surface area contributed by atoms with Crippen LogP contribution in [0.25, 0.3) is 34.4 Å². The van der Waals surface area contributed by atoms with Crippen molar-refractivity contribution in [2.24, 2.45) is 0 Å². The van der Waals surface area contributed by atoms with Gasteiger partial charge in [-0.25, -0.2) is 0 Å². The zero-order valence-corrected chi connectivity index (χ0v) is 12.4. The van der Waals surface area contributed by atoms with Crippen molar-refractivity contribution in [2.75, 3.05) is 0 Å². The van der Waals surface area contributed by atoms with Crippen LogP contribution in [0.5, 0.6) is 0 Å². The van der Waals surface area contributed by atoms with E-state index in [1.807, 2.05) is 61.5 Å². The second kappa shape index (κ2) is 5.53. The van der Waals surface area contributed by atoms with Crippen LogP contribution in [-0.2, 0) is 0 Å². The predicted molar refractivity (Wildman–Crippen MR) is 85.4 cm³/mol. The lowest BCUT2D eigenvalue weighted by atomic mass is 10.1. The Morgan fingerprint density at radius 2 is 1.52 bits per heavy atom. The van der Waals surface area contributed by atoms with E-state index < -0.39 is 0 Å². The topological polar surface area (TPSA) is 65.0 Å². The fourth-order valence-corrected chi connectivity index (χ4v) is 2.25. The zero-order valence-electron chi connectivity index (χ0n) is 12.4. The molecule has 0 saturated heterocycles. The largest absolute Gasteiger partial charge is 0.414 e. The van der Waals surface area contributed by atoms with E-state index in [4.69, 9.17) is 8.94 Å². The van der Waals surface area contributed by atoms with Crippen molar-refractivity contribution in [2.45, 2.75) is 6.92 Å². The van der Waals surface area contributed by atoms with E-state index in [9.17, 15) is 0 Å². The molecular weight excluding hydrogens is 290 g/mol. The first-order chi connectivity index (χ1) is 11.3. The van der Waals surface area contributed by atoms with Gasteiger partial charge >= 0.3 is 0 Å². The summed E-state index contributed by atoms with van der Waals surface area (Å²) in [5.74, 6) is 1.46. The minimum absolute atomic E-state index is 0.339. The molecule has 0 bridgehead atoms. The Balaban J connectivity index is 1.65. The van der Waals surface area contributed by atoms with Crippen LogP contribution in [0.4, 0.5) is 0 Å². The van der Waals surface area contributed by atoms with E-state index in [0.717, 1.165) is 11.1 Å². The van der Waals surface area contributed by atoms with E-state index in [2.05, 4.69) is 15.4 Å². The summed E-state index contributed by atoms with van der Waals surface area (Å²) in [6.45, 7) is 2.03. The van der Waals surface area contributed by atoms with Crippen LogP contribution < -0.4 is 0 Å². The molecule has 5 nitrogen and oxygen atoms in total. The Bertz CT molecular complexity index is 924. The summed E-state index contributed by atoms with van der Waals surface area (Å²) in [7, 11) is 0. The molecule has 0 aliphatic carbocycles. The molecule has 0 unspecified atom stereocenters. The van der Waals surface area contributed by atoms with Crippen molar-refractivity contribution >= 4 is 0 Å². The van der Waals surface area contributed by atoms with Gasteiger partial charge in [-0.2, -0.15) is 0 Å². The maximum absolute atomic E-state index is 5.70. The molecule has 0 radical (unpaired) electrons. The minimum Gasteiger partial charge on any atom is -0.414 e. The Morgan fingerprint density at radius 1 is 0.783 bits per heavy atom. The van der Waals surface area contributed by atoms with Gasteiger partial charge in [0.05, 0.1) is 0 Å². The fourth-order valence-electron chi connectivity index (χ4n) is 2.25. The third-order valence-electron chi connectivity index (χ3n) is 3.51. The van der Waals surface area contributed by atoms with Gasteiger partial charge in [0, 0.05) is 17.2 Å². The Labute approximate surface area is 132 Å². The lowest BCUT2D eigenvalue weighted by Gasteiger charge is -1.94. The highest BCUT2D eigenvalue weighted by molar-refractivity contribution is 5.63. The quantitative estimate of drug-likeness (QED) is 0.562. The second-order valence-electron chi connectivity index (χ2n) is 5.22. The smallest absolute Gasteiger partial charge is 0.270 e. The molecule has 2 aromatic heterocycles. The molecule has 0 saturated carbocycles. The van der Waals surface area contributed by atoms with Gasteiger partial charge in [-0.05, 0) is 19.1 Å². The van der Waals surface area contributed by atoms with Gasteiger partial charge in [-0.3, -0.25) is 0 Å². The highest BCUT2D eigenvalue weighted by atomic mass is 16.5. The Hall–Kier alpha value is -3.21. The van der Waals surface area contributed by atoms with Gasteiger partial charge in [0.15, 0.2) is 11.5 Å². The van der Waals surface area contributed by atoms with Crippen LogP contribution >= 0.6 is 0 Å². The predicted octanol–water partition coefficient (Wildman–Crippen LogP) is 4.37. The van der Waals surface area contributed by atoms with Gasteiger partial charge in [0.2, 0.25) is 5.89 Å². The van der Waals surface area contributed by atoms with E-state index in [1.54, 1.807) is 6.07 Å². The van der Waals surface area contributed by atoms with Crippen LogP contribution in [-0.4, -0.2) is 15.4 Å². The minimum atomic E-state index is 0.339. The fraction of sp³-hybridized carbons (Fsp3) is 0.0556. The average molecular weight is 303 g/mol. The number of benzene rings is 2. The van der Waals surface area contributed by atoms with E-state index in [-0.39, 0.29) is 0 Å². The number of nitrogens with zero attached hydrogens (tertiary/aromatic N) is 3. The standard InChI is InChI=1S/C18H13N3O2/c1-12-7-9-14(10-8-12)17-19-20-18(22-17)15-11-16(23-21-15)13-5-3-2-4-6-13/h2-11H,1H3. The molecule has 5 heteroatoms. The van der Waals surface area contributed by atoms with E-state index in [0.29, 0.717) is 23.2 Å². The molecule has 0 N–H and O–H groups in total. The molecule has 0 spiro atoms. The highest BCUT2D eigenvalue weighted by Crippen LogP contribution is 2.27. The van der Waals surface area contributed by atoms with Gasteiger partial charge in [-0.1, -0.05) is 53.2 Å². The highest BCUT2D eigenvalue weighted by Gasteiger charge is 2.15. The summed E-state index contributed by atoms with van der Waals surface area (Å²) in [6.07, 6.45) is 0. The Kier molecular flexibility index (Phi) is 3.24. The summed E-state index contributed by atoms with van der Waals surface area (Å²) < 4.78 is 11.1. The molecule has 112 valence electrons. The van der Waals surface area contributed by atoms with Crippen molar-refractivity contribution in [1.82, 2.24) is 15.4 Å². The van der Waals surface area contributed by atoms with Gasteiger partial charge in [0.1, 0.15) is 0 Å². The number of aromatic nitrogens is 3. The Morgan fingerprint density at radius 3 is 2.30 bits per heavy atom. The van der Waals surface area contributed by atoms with Crippen molar-refractivity contribution in [3.63, 3.8) is 0 Å². The van der Waals surface area contributed by atoms with Crippen LogP contribution in [0.1, 0.15) is 5.56 Å². The average Bonchev–Trinajstić information content (AvgIpc) is 3.26.